The van der Waals surface area contributed by atoms with Crippen LogP contribution in [0, 0.1) is 0 Å². The summed E-state index contributed by atoms with van der Waals surface area (Å²) in [5.74, 6) is 0. The van der Waals surface area contributed by atoms with Gasteiger partial charge in [-0.2, -0.15) is 0 Å². The molecule has 0 radical (unpaired) electrons. The molecule has 0 fully saturated rings. The Morgan fingerprint density at radius 2 is 1.90 bits per heavy atom. The van der Waals surface area contributed by atoms with Gasteiger partial charge in [0, 0.05) is 17.8 Å². The number of hydrogen-bond donors (Lipinski definition) is 1. The van der Waals surface area contributed by atoms with Gasteiger partial charge in [0.25, 0.3) is 0 Å². The van der Waals surface area contributed by atoms with Crippen LogP contribution in [-0.2, 0) is 0 Å². The highest BCUT2D eigenvalue weighted by Gasteiger charge is 2.14. The minimum Gasteiger partial charge on any atom is -0.305 e. The minimum absolute atomic E-state index is 0.116. The summed E-state index contributed by atoms with van der Waals surface area (Å²) < 4.78 is 0. The number of hydrogen-bond acceptors (Lipinski definition) is 3. The summed E-state index contributed by atoms with van der Waals surface area (Å²) in [7, 11) is 0. The third kappa shape index (κ3) is 2.53. The summed E-state index contributed by atoms with van der Waals surface area (Å²) >= 11 is 0. The van der Waals surface area contributed by atoms with Gasteiger partial charge in [-0.05, 0) is 42.4 Å². The summed E-state index contributed by atoms with van der Waals surface area (Å²) in [5.41, 5.74) is 3.27. The predicted octanol–water partition coefficient (Wildman–Crippen LogP) is 3.33. The molecule has 0 bridgehead atoms. The van der Waals surface area contributed by atoms with E-state index in [9.17, 15) is 0 Å². The van der Waals surface area contributed by atoms with Gasteiger partial charge in [0.1, 0.15) is 0 Å². The number of nitrogens with zero attached hydrogens (tertiary/aromatic N) is 2. The van der Waals surface area contributed by atoms with Gasteiger partial charge in [-0.15, -0.1) is 0 Å². The molecule has 1 aromatic carbocycles. The zero-order chi connectivity index (χ0) is 13.8. The molecule has 0 aliphatic carbocycles. The molecule has 0 aliphatic heterocycles. The van der Waals surface area contributed by atoms with E-state index in [0.29, 0.717) is 0 Å². The number of rotatable bonds is 4. The molecular weight excluding hydrogens is 246 g/mol. The van der Waals surface area contributed by atoms with Crippen molar-refractivity contribution < 1.29 is 0 Å². The summed E-state index contributed by atoms with van der Waals surface area (Å²) in [6.07, 6.45) is 3.66. The second-order valence-electron chi connectivity index (χ2n) is 4.70. The Bertz CT molecular complexity index is 695. The molecule has 0 saturated heterocycles. The lowest BCUT2D eigenvalue weighted by molar-refractivity contribution is 0.616. The molecule has 1 unspecified atom stereocenters. The van der Waals surface area contributed by atoms with Gasteiger partial charge >= 0.3 is 0 Å². The second kappa shape index (κ2) is 5.80. The first-order valence-electron chi connectivity index (χ1n) is 6.87. The van der Waals surface area contributed by atoms with Gasteiger partial charge in [-0.3, -0.25) is 9.97 Å². The quantitative estimate of drug-likeness (QED) is 0.784. The van der Waals surface area contributed by atoms with E-state index in [1.807, 2.05) is 30.6 Å². The van der Waals surface area contributed by atoms with Crippen molar-refractivity contribution in [2.24, 2.45) is 0 Å². The van der Waals surface area contributed by atoms with Crippen molar-refractivity contribution in [2.75, 3.05) is 6.54 Å². The Balaban J connectivity index is 2.05. The highest BCUT2D eigenvalue weighted by Crippen LogP contribution is 2.23. The third-order valence-electron chi connectivity index (χ3n) is 3.35. The van der Waals surface area contributed by atoms with E-state index in [2.05, 4.69) is 52.5 Å². The van der Waals surface area contributed by atoms with E-state index in [0.717, 1.165) is 23.1 Å². The normalized spacial score (nSPS) is 12.4. The van der Waals surface area contributed by atoms with Crippen molar-refractivity contribution in [1.29, 1.82) is 0 Å². The van der Waals surface area contributed by atoms with E-state index in [4.69, 9.17) is 0 Å². The van der Waals surface area contributed by atoms with Crippen molar-refractivity contribution in [3.8, 4) is 0 Å². The summed E-state index contributed by atoms with van der Waals surface area (Å²) in [5, 5.41) is 4.65. The maximum absolute atomic E-state index is 4.48. The van der Waals surface area contributed by atoms with Crippen LogP contribution in [0.4, 0.5) is 0 Å². The van der Waals surface area contributed by atoms with Crippen molar-refractivity contribution in [3.05, 3.63) is 72.2 Å². The number of nitrogens with one attached hydrogen (secondary N) is 1. The van der Waals surface area contributed by atoms with Crippen LogP contribution in [0.5, 0.6) is 0 Å². The monoisotopic (exact) mass is 263 g/mol. The SMILES string of the molecule is CCNC(c1ccc2ncccc2c1)c1ccccn1. The fourth-order valence-corrected chi connectivity index (χ4v) is 2.42. The Morgan fingerprint density at radius 1 is 1.00 bits per heavy atom. The molecule has 3 heteroatoms. The number of fused-ring (bicyclic) bond motifs is 1. The van der Waals surface area contributed by atoms with E-state index < -0.39 is 0 Å². The Kier molecular flexibility index (Phi) is 3.70. The van der Waals surface area contributed by atoms with E-state index >= 15 is 0 Å². The maximum Gasteiger partial charge on any atom is 0.0751 e. The molecule has 0 amide bonds. The molecule has 1 N–H and O–H groups in total. The second-order valence-corrected chi connectivity index (χ2v) is 4.70. The minimum atomic E-state index is 0.116. The first kappa shape index (κ1) is 12.8. The van der Waals surface area contributed by atoms with E-state index in [-0.39, 0.29) is 6.04 Å². The fraction of sp³-hybridized carbons (Fsp3) is 0.176. The van der Waals surface area contributed by atoms with Crippen LogP contribution in [0.3, 0.4) is 0 Å². The highest BCUT2D eigenvalue weighted by atomic mass is 14.9. The van der Waals surface area contributed by atoms with Gasteiger partial charge in [-0.25, -0.2) is 0 Å². The molecule has 100 valence electrons. The van der Waals surface area contributed by atoms with Crippen LogP contribution < -0.4 is 5.32 Å². The lowest BCUT2D eigenvalue weighted by Crippen LogP contribution is -2.22. The Labute approximate surface area is 118 Å². The first-order chi connectivity index (χ1) is 9.88. The number of benzene rings is 1. The van der Waals surface area contributed by atoms with Crippen molar-refractivity contribution in [1.82, 2.24) is 15.3 Å². The number of pyridine rings is 2. The largest absolute Gasteiger partial charge is 0.305 e. The van der Waals surface area contributed by atoms with Crippen LogP contribution in [0.15, 0.2) is 60.9 Å². The number of aromatic nitrogens is 2. The lowest BCUT2D eigenvalue weighted by atomic mass is 10.0. The smallest absolute Gasteiger partial charge is 0.0751 e. The van der Waals surface area contributed by atoms with Gasteiger partial charge < -0.3 is 5.32 Å². The molecule has 3 rings (SSSR count). The summed E-state index contributed by atoms with van der Waals surface area (Å²) in [6.45, 7) is 3.00. The standard InChI is InChI=1S/C17H17N3/c1-2-18-17(16-7-3-4-10-20-16)14-8-9-15-13(12-14)6-5-11-19-15/h3-12,17-18H,2H2,1H3. The Morgan fingerprint density at radius 3 is 2.70 bits per heavy atom. The van der Waals surface area contributed by atoms with Crippen LogP contribution >= 0.6 is 0 Å². The molecule has 1 atom stereocenters. The zero-order valence-corrected chi connectivity index (χ0v) is 11.5. The molecule has 0 aliphatic rings. The lowest BCUT2D eigenvalue weighted by Gasteiger charge is -2.18. The van der Waals surface area contributed by atoms with E-state index in [1.165, 1.54) is 5.56 Å². The van der Waals surface area contributed by atoms with Crippen molar-refractivity contribution >= 4 is 10.9 Å². The molecule has 0 saturated carbocycles. The molecule has 20 heavy (non-hydrogen) atoms. The van der Waals surface area contributed by atoms with Gasteiger partial charge in [-0.1, -0.05) is 25.1 Å². The van der Waals surface area contributed by atoms with Crippen LogP contribution in [0.2, 0.25) is 0 Å². The molecule has 2 aromatic heterocycles. The molecule has 3 nitrogen and oxygen atoms in total. The van der Waals surface area contributed by atoms with E-state index in [1.54, 1.807) is 0 Å². The topological polar surface area (TPSA) is 37.8 Å². The Hall–Kier alpha value is -2.26. The summed E-state index contributed by atoms with van der Waals surface area (Å²) in [4.78, 5) is 8.84. The fourth-order valence-electron chi connectivity index (χ4n) is 2.42. The van der Waals surface area contributed by atoms with Gasteiger partial charge in [0.2, 0.25) is 0 Å². The molecule has 3 aromatic rings. The zero-order valence-electron chi connectivity index (χ0n) is 11.5. The predicted molar refractivity (Wildman–Crippen MR) is 81.5 cm³/mol. The molecule has 2 heterocycles. The highest BCUT2D eigenvalue weighted by molar-refractivity contribution is 5.79. The van der Waals surface area contributed by atoms with Gasteiger partial charge in [0.15, 0.2) is 0 Å². The average molecular weight is 263 g/mol. The first-order valence-corrected chi connectivity index (χ1v) is 6.87. The van der Waals surface area contributed by atoms with Crippen LogP contribution in [0.1, 0.15) is 24.2 Å². The van der Waals surface area contributed by atoms with Crippen LogP contribution in [-0.4, -0.2) is 16.5 Å². The molecule has 0 spiro atoms. The van der Waals surface area contributed by atoms with Crippen LogP contribution in [0.25, 0.3) is 10.9 Å². The molecular formula is C17H17N3. The summed E-state index contributed by atoms with van der Waals surface area (Å²) in [6, 6.07) is 16.6. The van der Waals surface area contributed by atoms with Crippen molar-refractivity contribution in [2.45, 2.75) is 13.0 Å². The average Bonchev–Trinajstić information content (AvgIpc) is 2.53. The maximum atomic E-state index is 4.48. The third-order valence-corrected chi connectivity index (χ3v) is 3.35. The van der Waals surface area contributed by atoms with Crippen molar-refractivity contribution in [3.63, 3.8) is 0 Å². The van der Waals surface area contributed by atoms with Gasteiger partial charge in [0.05, 0.1) is 17.3 Å².